The predicted molar refractivity (Wildman–Crippen MR) is 104 cm³/mol. The first kappa shape index (κ1) is 17.0. The van der Waals surface area contributed by atoms with E-state index >= 15 is 0 Å². The summed E-state index contributed by atoms with van der Waals surface area (Å²) >= 11 is 0. The Kier molecular flexibility index (Phi) is 3.80. The third kappa shape index (κ3) is 2.76. The molecule has 1 amide bonds. The maximum Gasteiger partial charge on any atom is 0.253 e. The molecular weight excluding hydrogens is 322 g/mol. The van der Waals surface area contributed by atoms with Gasteiger partial charge in [0.15, 0.2) is 5.78 Å². The first-order valence-corrected chi connectivity index (χ1v) is 9.32. The van der Waals surface area contributed by atoms with Crippen LogP contribution in [-0.4, -0.2) is 29.7 Å². The van der Waals surface area contributed by atoms with E-state index in [0.29, 0.717) is 6.54 Å². The molecule has 26 heavy (non-hydrogen) atoms. The normalized spacial score (nSPS) is 25.0. The molecule has 1 heterocycles. The zero-order valence-corrected chi connectivity index (χ0v) is 15.7. The van der Waals surface area contributed by atoms with Gasteiger partial charge in [0.25, 0.3) is 5.91 Å². The number of fused-ring (bicyclic) bond motifs is 1. The van der Waals surface area contributed by atoms with E-state index in [1.807, 2.05) is 62.1 Å². The van der Waals surface area contributed by atoms with Crippen LogP contribution in [0.2, 0.25) is 0 Å². The van der Waals surface area contributed by atoms with Crippen molar-refractivity contribution in [3.63, 3.8) is 0 Å². The van der Waals surface area contributed by atoms with Crippen molar-refractivity contribution in [1.82, 2.24) is 4.90 Å². The van der Waals surface area contributed by atoms with Crippen molar-refractivity contribution in [3.05, 3.63) is 59.7 Å². The molecule has 3 heteroatoms. The largest absolute Gasteiger partial charge is 0.338 e. The van der Waals surface area contributed by atoms with Crippen LogP contribution in [0.15, 0.2) is 54.1 Å². The number of likely N-dealkylation sites (tertiary alicyclic amines) is 1. The highest BCUT2D eigenvalue weighted by Crippen LogP contribution is 2.48. The minimum absolute atomic E-state index is 0.0615. The zero-order chi connectivity index (χ0) is 18.5. The molecule has 0 bridgehead atoms. The monoisotopic (exact) mass is 347 g/mol. The molecule has 4 rings (SSSR count). The molecule has 2 aliphatic rings. The molecule has 1 aliphatic carbocycles. The summed E-state index contributed by atoms with van der Waals surface area (Å²) in [4.78, 5) is 27.4. The van der Waals surface area contributed by atoms with E-state index in [-0.39, 0.29) is 22.5 Å². The number of ketones is 1. The highest BCUT2D eigenvalue weighted by Gasteiger charge is 2.47. The Labute approximate surface area is 154 Å². The van der Waals surface area contributed by atoms with Crippen LogP contribution in [-0.2, 0) is 4.79 Å². The number of Topliss-reactive ketones (excluding diaryl/α,β-unsaturated/α-hetero) is 1. The molecule has 1 aliphatic heterocycles. The van der Waals surface area contributed by atoms with Gasteiger partial charge in [0.05, 0.1) is 0 Å². The van der Waals surface area contributed by atoms with Gasteiger partial charge in [0, 0.05) is 29.5 Å². The fraction of sp³-hybridized carbons (Fsp3) is 0.391. The van der Waals surface area contributed by atoms with Crippen LogP contribution in [0.25, 0.3) is 10.8 Å². The second-order valence-electron chi connectivity index (χ2n) is 8.62. The molecule has 1 spiro atoms. The van der Waals surface area contributed by atoms with E-state index in [1.165, 1.54) is 0 Å². The van der Waals surface area contributed by atoms with Crippen LogP contribution in [0.1, 0.15) is 44.0 Å². The molecule has 1 fully saturated rings. The van der Waals surface area contributed by atoms with Gasteiger partial charge in [-0.05, 0) is 48.2 Å². The highest BCUT2D eigenvalue weighted by atomic mass is 16.2. The fourth-order valence-electron chi connectivity index (χ4n) is 4.91. The van der Waals surface area contributed by atoms with Crippen molar-refractivity contribution >= 4 is 22.5 Å². The number of allylic oxidation sites excluding steroid dienone is 1. The van der Waals surface area contributed by atoms with Gasteiger partial charge in [0.2, 0.25) is 0 Å². The van der Waals surface area contributed by atoms with E-state index in [2.05, 4.69) is 12.1 Å². The van der Waals surface area contributed by atoms with Crippen LogP contribution in [0.4, 0.5) is 0 Å². The third-order valence-electron chi connectivity index (χ3n) is 5.96. The van der Waals surface area contributed by atoms with Gasteiger partial charge in [0.1, 0.15) is 0 Å². The van der Waals surface area contributed by atoms with Gasteiger partial charge in [-0.3, -0.25) is 9.59 Å². The lowest BCUT2D eigenvalue weighted by atomic mass is 9.64. The molecule has 0 unspecified atom stereocenters. The van der Waals surface area contributed by atoms with Crippen LogP contribution in [0.3, 0.4) is 0 Å². The molecule has 0 N–H and O–H groups in total. The van der Waals surface area contributed by atoms with E-state index in [1.54, 1.807) is 0 Å². The average Bonchev–Trinajstić information content (AvgIpc) is 3.01. The van der Waals surface area contributed by atoms with Crippen LogP contribution < -0.4 is 0 Å². The lowest BCUT2D eigenvalue weighted by molar-refractivity contribution is -0.125. The number of carbonyl (C=O) groups excluding carboxylic acids is 2. The Morgan fingerprint density at radius 3 is 2.54 bits per heavy atom. The van der Waals surface area contributed by atoms with Gasteiger partial charge >= 0.3 is 0 Å². The maximum absolute atomic E-state index is 13.1. The first-order chi connectivity index (χ1) is 12.3. The Morgan fingerprint density at radius 2 is 1.81 bits per heavy atom. The summed E-state index contributed by atoms with van der Waals surface area (Å²) in [6.45, 7) is 7.42. The van der Waals surface area contributed by atoms with E-state index in [4.69, 9.17) is 0 Å². The van der Waals surface area contributed by atoms with Crippen LogP contribution in [0.5, 0.6) is 0 Å². The van der Waals surface area contributed by atoms with Crippen molar-refractivity contribution in [2.24, 2.45) is 10.8 Å². The molecule has 3 nitrogen and oxygen atoms in total. The van der Waals surface area contributed by atoms with Gasteiger partial charge < -0.3 is 4.90 Å². The second kappa shape index (κ2) is 5.80. The zero-order valence-electron chi connectivity index (χ0n) is 15.7. The molecule has 0 saturated carbocycles. The Balaban J connectivity index is 1.60. The van der Waals surface area contributed by atoms with Crippen LogP contribution >= 0.6 is 0 Å². The van der Waals surface area contributed by atoms with E-state index in [0.717, 1.165) is 41.3 Å². The van der Waals surface area contributed by atoms with E-state index in [9.17, 15) is 9.59 Å². The Bertz CT molecular complexity index is 940. The summed E-state index contributed by atoms with van der Waals surface area (Å²) in [6, 6.07) is 14.0. The van der Waals surface area contributed by atoms with Crippen LogP contribution in [0, 0.1) is 10.8 Å². The molecule has 134 valence electrons. The summed E-state index contributed by atoms with van der Waals surface area (Å²) in [6.07, 6.45) is 3.88. The standard InChI is InChI=1S/C23H25NO2/c1-16-13-23(14-22(2,3)20(16)25)10-11-24(15-23)21(26)19-9-8-17-6-4-5-7-18(17)12-19/h4-9,12-13H,10-11,14-15H2,1-3H3/t23-/m1/s1. The number of carbonyl (C=O) groups is 2. The van der Waals surface area contributed by atoms with Crippen molar-refractivity contribution < 1.29 is 9.59 Å². The lowest BCUT2D eigenvalue weighted by Gasteiger charge is -2.39. The lowest BCUT2D eigenvalue weighted by Crippen LogP contribution is -2.40. The fourth-order valence-corrected chi connectivity index (χ4v) is 4.91. The Morgan fingerprint density at radius 1 is 1.08 bits per heavy atom. The van der Waals surface area contributed by atoms with Gasteiger partial charge in [-0.25, -0.2) is 0 Å². The number of rotatable bonds is 1. The summed E-state index contributed by atoms with van der Waals surface area (Å²) < 4.78 is 0. The smallest absolute Gasteiger partial charge is 0.253 e. The Hall–Kier alpha value is -2.42. The van der Waals surface area contributed by atoms with Crippen molar-refractivity contribution in [3.8, 4) is 0 Å². The van der Waals surface area contributed by atoms with Crippen molar-refractivity contribution in [2.45, 2.75) is 33.6 Å². The second-order valence-corrected chi connectivity index (χ2v) is 8.62. The topological polar surface area (TPSA) is 37.4 Å². The summed E-state index contributed by atoms with van der Waals surface area (Å²) in [5.74, 6) is 0.329. The molecule has 2 aromatic carbocycles. The van der Waals surface area contributed by atoms with Gasteiger partial charge in [-0.2, -0.15) is 0 Å². The summed E-state index contributed by atoms with van der Waals surface area (Å²) in [7, 11) is 0. The summed E-state index contributed by atoms with van der Waals surface area (Å²) in [5.41, 5.74) is 1.18. The molecular formula is C23H25NO2. The number of nitrogens with zero attached hydrogens (tertiary/aromatic N) is 1. The first-order valence-electron chi connectivity index (χ1n) is 9.32. The predicted octanol–water partition coefficient (Wildman–Crippen LogP) is 4.62. The molecule has 0 aromatic heterocycles. The molecule has 0 radical (unpaired) electrons. The van der Waals surface area contributed by atoms with E-state index < -0.39 is 0 Å². The highest BCUT2D eigenvalue weighted by molar-refractivity contribution is 6.00. The average molecular weight is 347 g/mol. The van der Waals surface area contributed by atoms with Crippen molar-refractivity contribution in [1.29, 1.82) is 0 Å². The molecule has 1 atom stereocenters. The minimum atomic E-state index is -0.346. The number of amides is 1. The quantitative estimate of drug-likeness (QED) is 0.755. The molecule has 1 saturated heterocycles. The van der Waals surface area contributed by atoms with Gasteiger partial charge in [-0.15, -0.1) is 0 Å². The van der Waals surface area contributed by atoms with Gasteiger partial charge in [-0.1, -0.05) is 50.3 Å². The maximum atomic E-state index is 13.1. The SMILES string of the molecule is CC1=C[C@]2(CCN(C(=O)c3ccc4ccccc4c3)C2)CC(C)(C)C1=O. The minimum Gasteiger partial charge on any atom is -0.338 e. The third-order valence-corrected chi connectivity index (χ3v) is 5.96. The molecule has 2 aromatic rings. The number of hydrogen-bond acceptors (Lipinski definition) is 2. The summed E-state index contributed by atoms with van der Waals surface area (Å²) in [5, 5.41) is 2.24. The van der Waals surface area contributed by atoms with Crippen molar-refractivity contribution in [2.75, 3.05) is 13.1 Å². The number of benzene rings is 2. The number of hydrogen-bond donors (Lipinski definition) is 0.